The summed E-state index contributed by atoms with van der Waals surface area (Å²) >= 11 is 0. The number of carbonyl (C=O) groups is 1. The van der Waals surface area contributed by atoms with Gasteiger partial charge < -0.3 is 15.4 Å². The summed E-state index contributed by atoms with van der Waals surface area (Å²) in [6.07, 6.45) is 14.6. The minimum atomic E-state index is -0.160. The molecule has 4 aromatic rings. The number of benzene rings is 2. The highest BCUT2D eigenvalue weighted by Gasteiger charge is 2.21. The molecule has 0 spiro atoms. The summed E-state index contributed by atoms with van der Waals surface area (Å²) in [6, 6.07) is 17.0. The molecule has 5 rings (SSSR count). The van der Waals surface area contributed by atoms with E-state index in [0.29, 0.717) is 6.04 Å². The highest BCUT2D eigenvalue weighted by atomic mass is 19.1. The van der Waals surface area contributed by atoms with Crippen LogP contribution in [0, 0.1) is 25.6 Å². The first kappa shape index (κ1) is 34.7. The molecule has 1 aliphatic heterocycles. The molecule has 1 aliphatic rings. The van der Waals surface area contributed by atoms with E-state index >= 15 is 0 Å². The summed E-state index contributed by atoms with van der Waals surface area (Å²) in [5.74, 6) is 0.835. The fourth-order valence-electron chi connectivity index (χ4n) is 4.57. The van der Waals surface area contributed by atoms with Gasteiger partial charge in [0, 0.05) is 64.2 Å². The van der Waals surface area contributed by atoms with E-state index in [1.807, 2.05) is 68.4 Å². The molecule has 9 nitrogen and oxygen atoms in total. The summed E-state index contributed by atoms with van der Waals surface area (Å²) in [7, 11) is 5.53. The Morgan fingerprint density at radius 2 is 1.84 bits per heavy atom. The van der Waals surface area contributed by atoms with Crippen molar-refractivity contribution in [2.45, 2.75) is 32.7 Å². The number of nitrogens with zero attached hydrogens (tertiary/aromatic N) is 5. The van der Waals surface area contributed by atoms with E-state index in [9.17, 15) is 9.18 Å². The molecule has 2 N–H and O–H groups in total. The number of para-hydroxylation sites is 1. The summed E-state index contributed by atoms with van der Waals surface area (Å²) in [4.78, 5) is 12.4. The van der Waals surface area contributed by atoms with Gasteiger partial charge in [0.05, 0.1) is 18.5 Å². The second-order valence-corrected chi connectivity index (χ2v) is 9.77. The maximum absolute atomic E-state index is 12.2. The second-order valence-electron chi connectivity index (χ2n) is 9.77. The molecule has 1 amide bonds. The molecular weight excluding hydrogens is 545 g/mol. The molecule has 0 radical (unpaired) electrons. The van der Waals surface area contributed by atoms with Crippen LogP contribution < -0.4 is 10.6 Å². The van der Waals surface area contributed by atoms with Crippen molar-refractivity contribution in [2.24, 2.45) is 7.05 Å². The zero-order valence-electron chi connectivity index (χ0n) is 25.8. The Morgan fingerprint density at radius 3 is 2.40 bits per heavy atom. The van der Waals surface area contributed by atoms with E-state index < -0.39 is 0 Å². The molecule has 1 fully saturated rings. The first-order valence-electron chi connectivity index (χ1n) is 14.2. The third-order valence-electron chi connectivity index (χ3n) is 6.85. The summed E-state index contributed by atoms with van der Waals surface area (Å²) < 4.78 is 20.9. The largest absolute Gasteiger partial charge is 0.383 e. The van der Waals surface area contributed by atoms with Crippen molar-refractivity contribution < 1.29 is 13.9 Å². The Bertz CT molecular complexity index is 1370. The minimum absolute atomic E-state index is 0.160. The lowest BCUT2D eigenvalue weighted by atomic mass is 10.1. The number of halogens is 1. The number of hydrogen-bond donors (Lipinski definition) is 2. The SMILES string of the molecule is C#C.CCc1ccc(F)cc1.CNc1c(C)c(-c2cnn(C)c2)nn1-c1ccccc1.COCCN1CCC(NC=O)C1. The van der Waals surface area contributed by atoms with Gasteiger partial charge in [-0.3, -0.25) is 14.4 Å². The quantitative estimate of drug-likeness (QED) is 0.217. The molecule has 0 saturated carbocycles. The van der Waals surface area contributed by atoms with Crippen molar-refractivity contribution in [3.63, 3.8) is 0 Å². The predicted molar refractivity (Wildman–Crippen MR) is 172 cm³/mol. The number of terminal acetylenes is 1. The Hall–Kier alpha value is -4.46. The lowest BCUT2D eigenvalue weighted by Crippen LogP contribution is -2.32. The van der Waals surface area contributed by atoms with Crippen LogP contribution in [0.15, 0.2) is 67.0 Å². The summed E-state index contributed by atoms with van der Waals surface area (Å²) in [5.41, 5.74) is 5.30. The van der Waals surface area contributed by atoms with Crippen molar-refractivity contribution in [1.82, 2.24) is 29.8 Å². The van der Waals surface area contributed by atoms with Crippen molar-refractivity contribution in [1.29, 1.82) is 0 Å². The molecule has 2 aromatic heterocycles. The maximum Gasteiger partial charge on any atom is 0.207 e. The van der Waals surface area contributed by atoms with Crippen LogP contribution in [0.5, 0.6) is 0 Å². The number of aromatic nitrogens is 4. The fourth-order valence-corrected chi connectivity index (χ4v) is 4.57. The molecule has 3 heterocycles. The molecule has 10 heteroatoms. The Balaban J connectivity index is 0.000000239. The zero-order chi connectivity index (χ0) is 31.6. The van der Waals surface area contributed by atoms with Gasteiger partial charge >= 0.3 is 0 Å². The first-order valence-corrected chi connectivity index (χ1v) is 14.2. The van der Waals surface area contributed by atoms with Crippen molar-refractivity contribution in [3.05, 3.63) is 83.9 Å². The zero-order valence-corrected chi connectivity index (χ0v) is 25.8. The fraction of sp³-hybridized carbons (Fsp3) is 0.364. The third kappa shape index (κ3) is 10.7. The van der Waals surface area contributed by atoms with Gasteiger partial charge in [-0.15, -0.1) is 12.8 Å². The van der Waals surface area contributed by atoms with Crippen molar-refractivity contribution >= 4 is 12.2 Å². The van der Waals surface area contributed by atoms with E-state index in [0.717, 1.165) is 73.8 Å². The normalized spacial score (nSPS) is 13.8. The van der Waals surface area contributed by atoms with Gasteiger partial charge in [-0.25, -0.2) is 9.07 Å². The maximum atomic E-state index is 12.2. The number of ether oxygens (including phenoxy) is 1. The average Bonchev–Trinajstić information content (AvgIpc) is 3.77. The Kier molecular flexibility index (Phi) is 15.2. The Labute approximate surface area is 255 Å². The molecule has 0 aliphatic carbocycles. The molecule has 43 heavy (non-hydrogen) atoms. The number of likely N-dealkylation sites (tertiary alicyclic amines) is 1. The van der Waals surface area contributed by atoms with Gasteiger partial charge in [0.25, 0.3) is 0 Å². The highest BCUT2D eigenvalue weighted by molar-refractivity contribution is 5.69. The monoisotopic (exact) mass is 589 g/mol. The van der Waals surface area contributed by atoms with Gasteiger partial charge in [-0.05, 0) is 49.6 Å². The molecule has 2 aromatic carbocycles. The van der Waals surface area contributed by atoms with Crippen LogP contribution in [-0.2, 0) is 23.0 Å². The highest BCUT2D eigenvalue weighted by Crippen LogP contribution is 2.29. The van der Waals surface area contributed by atoms with Gasteiger partial charge in [-0.1, -0.05) is 37.3 Å². The molecule has 1 unspecified atom stereocenters. The minimum Gasteiger partial charge on any atom is -0.383 e. The molecule has 0 bridgehead atoms. The third-order valence-corrected chi connectivity index (χ3v) is 6.85. The average molecular weight is 590 g/mol. The lowest BCUT2D eigenvalue weighted by molar-refractivity contribution is -0.110. The molecule has 1 atom stereocenters. The number of anilines is 1. The molecule has 230 valence electrons. The molecular formula is C33H44FN7O2. The number of methoxy groups -OCH3 is 1. The number of nitrogens with one attached hydrogen (secondary N) is 2. The predicted octanol–water partition coefficient (Wildman–Crippen LogP) is 4.71. The van der Waals surface area contributed by atoms with E-state index in [2.05, 4.69) is 40.4 Å². The van der Waals surface area contributed by atoms with E-state index in [4.69, 9.17) is 9.84 Å². The van der Waals surface area contributed by atoms with Crippen LogP contribution in [0.1, 0.15) is 24.5 Å². The number of amides is 1. The smallest absolute Gasteiger partial charge is 0.207 e. The van der Waals surface area contributed by atoms with Gasteiger partial charge in [0.1, 0.15) is 17.3 Å². The van der Waals surface area contributed by atoms with E-state index in [1.54, 1.807) is 23.9 Å². The number of hydrogen-bond acceptors (Lipinski definition) is 6. The van der Waals surface area contributed by atoms with Crippen molar-refractivity contribution in [2.75, 3.05) is 45.7 Å². The van der Waals surface area contributed by atoms with Crippen LogP contribution in [0.2, 0.25) is 0 Å². The Morgan fingerprint density at radius 1 is 1.14 bits per heavy atom. The second kappa shape index (κ2) is 18.9. The van der Waals surface area contributed by atoms with Crippen LogP contribution in [0.3, 0.4) is 0 Å². The standard InChI is InChI=1S/C15H17N5.C8H9F.C8H16N2O2.C2H2/c1-11-14(12-9-17-19(3)10-12)18-20(15(11)16-2)13-7-5-4-6-8-13;1-2-7-3-5-8(9)6-4-7;1-12-5-4-10-3-2-8(6-10)9-7-11;1-2/h4-10,16H,1-3H3;3-6H,2H2,1H3;7-8H,2-6H2,1H3,(H,9,11);1-2H. The number of carbonyl (C=O) groups excluding carboxylic acids is 1. The van der Waals surface area contributed by atoms with E-state index in [1.165, 1.54) is 17.7 Å². The van der Waals surface area contributed by atoms with Crippen LogP contribution in [-0.4, -0.2) is 77.3 Å². The molecule has 1 saturated heterocycles. The number of rotatable bonds is 9. The van der Waals surface area contributed by atoms with Crippen LogP contribution in [0.4, 0.5) is 10.2 Å². The summed E-state index contributed by atoms with van der Waals surface area (Å²) in [6.45, 7) is 7.88. The van der Waals surface area contributed by atoms with Gasteiger partial charge in [0.2, 0.25) is 6.41 Å². The lowest BCUT2D eigenvalue weighted by Gasteiger charge is -2.14. The topological polar surface area (TPSA) is 89.2 Å². The van der Waals surface area contributed by atoms with E-state index in [-0.39, 0.29) is 5.82 Å². The van der Waals surface area contributed by atoms with Crippen molar-refractivity contribution in [3.8, 4) is 29.8 Å². The van der Waals surface area contributed by atoms with Gasteiger partial charge in [-0.2, -0.15) is 10.2 Å². The summed E-state index contributed by atoms with van der Waals surface area (Å²) in [5, 5.41) is 15.0. The first-order chi connectivity index (χ1) is 20.9. The number of aryl methyl sites for hydroxylation is 2. The van der Waals surface area contributed by atoms with Gasteiger partial charge in [0.15, 0.2) is 0 Å². The van der Waals surface area contributed by atoms with Crippen LogP contribution in [0.25, 0.3) is 16.9 Å². The van der Waals surface area contributed by atoms with Crippen LogP contribution >= 0.6 is 0 Å².